The fraction of sp³-hybridized carbons (Fsp3) is 0.500. The van der Waals surface area contributed by atoms with E-state index in [2.05, 4.69) is 27.3 Å². The van der Waals surface area contributed by atoms with Crippen molar-refractivity contribution in [1.29, 1.82) is 0 Å². The Kier molecular flexibility index (Phi) is 2.77. The maximum absolute atomic E-state index is 5.42. The number of halogens is 1. The van der Waals surface area contributed by atoms with Crippen LogP contribution in [-0.2, 0) is 0 Å². The number of ether oxygens (including phenoxy) is 2. The van der Waals surface area contributed by atoms with Crippen LogP contribution in [0.2, 0.25) is 0 Å². The molecule has 1 saturated heterocycles. The molecule has 0 bridgehead atoms. The Balaban J connectivity index is 1.94. The van der Waals surface area contributed by atoms with E-state index < -0.39 is 0 Å². The third kappa shape index (κ3) is 1.80. The highest BCUT2D eigenvalue weighted by Gasteiger charge is 2.22. The maximum Gasteiger partial charge on any atom is 0.231 e. The number of nitrogens with one attached hydrogen (secondary N) is 1. The van der Waals surface area contributed by atoms with Gasteiger partial charge in [0.2, 0.25) is 6.79 Å². The van der Waals surface area contributed by atoms with E-state index in [0.717, 1.165) is 29.1 Å². The molecule has 2 aliphatic rings. The number of hydrogen-bond donors (Lipinski definition) is 1. The lowest BCUT2D eigenvalue weighted by Gasteiger charge is -2.24. The summed E-state index contributed by atoms with van der Waals surface area (Å²) in [5, 5.41) is 3.44. The molecule has 1 aromatic rings. The summed E-state index contributed by atoms with van der Waals surface area (Å²) in [4.78, 5) is 0. The van der Waals surface area contributed by atoms with Crippen molar-refractivity contribution >= 4 is 15.9 Å². The van der Waals surface area contributed by atoms with Gasteiger partial charge in [0.25, 0.3) is 0 Å². The van der Waals surface area contributed by atoms with E-state index in [1.165, 1.54) is 18.4 Å². The molecule has 0 radical (unpaired) electrons. The van der Waals surface area contributed by atoms with Gasteiger partial charge in [-0.15, -0.1) is 0 Å². The molecule has 0 spiro atoms. The number of fused-ring (bicyclic) bond motifs is 1. The van der Waals surface area contributed by atoms with Crippen molar-refractivity contribution in [2.75, 3.05) is 19.9 Å². The first kappa shape index (κ1) is 10.4. The van der Waals surface area contributed by atoms with E-state index in [-0.39, 0.29) is 0 Å². The first-order chi connectivity index (χ1) is 7.84. The molecule has 3 rings (SSSR count). The van der Waals surface area contributed by atoms with E-state index in [1.54, 1.807) is 0 Å². The molecular weight excluding hydrogens is 270 g/mol. The lowest BCUT2D eigenvalue weighted by Crippen LogP contribution is -2.28. The summed E-state index contributed by atoms with van der Waals surface area (Å²) in [5.74, 6) is 2.31. The van der Waals surface area contributed by atoms with E-state index in [0.29, 0.717) is 12.7 Å². The highest BCUT2D eigenvalue weighted by Crippen LogP contribution is 2.40. The molecule has 86 valence electrons. The summed E-state index contributed by atoms with van der Waals surface area (Å²) >= 11 is 3.62. The molecular formula is C12H14BrNO2. The molecule has 0 aliphatic carbocycles. The van der Waals surface area contributed by atoms with Gasteiger partial charge in [-0.2, -0.15) is 0 Å². The monoisotopic (exact) mass is 283 g/mol. The standard InChI is InChI=1S/C12H14BrNO2/c13-10-5-12-11(15-7-16-12)4-9(10)8-2-1-3-14-6-8/h4-5,8,14H,1-3,6-7H2. The summed E-state index contributed by atoms with van der Waals surface area (Å²) in [6.45, 7) is 2.53. The largest absolute Gasteiger partial charge is 0.454 e. The highest BCUT2D eigenvalue weighted by molar-refractivity contribution is 9.10. The number of hydrogen-bond acceptors (Lipinski definition) is 3. The first-order valence-electron chi connectivity index (χ1n) is 5.64. The van der Waals surface area contributed by atoms with Crippen LogP contribution in [0.15, 0.2) is 16.6 Å². The van der Waals surface area contributed by atoms with Crippen LogP contribution in [0.4, 0.5) is 0 Å². The van der Waals surface area contributed by atoms with Crippen LogP contribution in [0.3, 0.4) is 0 Å². The minimum Gasteiger partial charge on any atom is -0.454 e. The van der Waals surface area contributed by atoms with Crippen molar-refractivity contribution in [3.8, 4) is 11.5 Å². The molecule has 1 atom stereocenters. The normalized spacial score (nSPS) is 23.4. The Bertz CT molecular complexity index is 402. The average molecular weight is 284 g/mol. The van der Waals surface area contributed by atoms with Crippen molar-refractivity contribution in [2.24, 2.45) is 0 Å². The zero-order chi connectivity index (χ0) is 11.0. The third-order valence-corrected chi connectivity index (χ3v) is 3.92. The van der Waals surface area contributed by atoms with Crippen LogP contribution >= 0.6 is 15.9 Å². The van der Waals surface area contributed by atoms with Crippen LogP contribution < -0.4 is 14.8 Å². The Morgan fingerprint density at radius 2 is 2.06 bits per heavy atom. The summed E-state index contributed by atoms with van der Waals surface area (Å²) in [6.07, 6.45) is 2.48. The lowest BCUT2D eigenvalue weighted by atomic mass is 9.91. The zero-order valence-electron chi connectivity index (χ0n) is 8.96. The van der Waals surface area contributed by atoms with Gasteiger partial charge in [0, 0.05) is 11.0 Å². The van der Waals surface area contributed by atoms with Crippen molar-refractivity contribution in [2.45, 2.75) is 18.8 Å². The van der Waals surface area contributed by atoms with Gasteiger partial charge in [0.1, 0.15) is 0 Å². The molecule has 16 heavy (non-hydrogen) atoms. The van der Waals surface area contributed by atoms with Crippen LogP contribution in [0.1, 0.15) is 24.3 Å². The minimum atomic E-state index is 0.341. The van der Waals surface area contributed by atoms with Crippen LogP contribution in [0, 0.1) is 0 Å². The SMILES string of the molecule is Brc1cc2c(cc1C1CCCNC1)OCO2. The molecule has 1 fully saturated rings. The summed E-state index contributed by atoms with van der Waals surface area (Å²) in [5.41, 5.74) is 1.33. The second-order valence-corrected chi connectivity index (χ2v) is 5.12. The van der Waals surface area contributed by atoms with Crippen molar-refractivity contribution < 1.29 is 9.47 Å². The predicted octanol–water partition coefficient (Wildman–Crippen LogP) is 2.64. The highest BCUT2D eigenvalue weighted by atomic mass is 79.9. The Hall–Kier alpha value is -0.740. The third-order valence-electron chi connectivity index (χ3n) is 3.23. The van der Waals surface area contributed by atoms with Crippen LogP contribution in [0.25, 0.3) is 0 Å². The molecule has 2 heterocycles. The molecule has 0 aromatic heterocycles. The van der Waals surface area contributed by atoms with Gasteiger partial charge in [-0.1, -0.05) is 15.9 Å². The van der Waals surface area contributed by atoms with Gasteiger partial charge in [-0.05, 0) is 43.0 Å². The predicted molar refractivity (Wildman–Crippen MR) is 65.1 cm³/mol. The fourth-order valence-electron chi connectivity index (χ4n) is 2.36. The Morgan fingerprint density at radius 3 is 2.81 bits per heavy atom. The van der Waals surface area contributed by atoms with Gasteiger partial charge in [0.15, 0.2) is 11.5 Å². The second kappa shape index (κ2) is 4.26. The summed E-state index contributed by atoms with van der Waals surface area (Å²) in [7, 11) is 0. The van der Waals surface area contributed by atoms with Gasteiger partial charge in [-0.25, -0.2) is 0 Å². The van der Waals surface area contributed by atoms with Crippen molar-refractivity contribution in [3.05, 3.63) is 22.2 Å². The molecule has 1 aromatic carbocycles. The molecule has 1 N–H and O–H groups in total. The van der Waals surface area contributed by atoms with Gasteiger partial charge >= 0.3 is 0 Å². The smallest absolute Gasteiger partial charge is 0.231 e. The van der Waals surface area contributed by atoms with E-state index in [4.69, 9.17) is 9.47 Å². The van der Waals surface area contributed by atoms with Gasteiger partial charge < -0.3 is 14.8 Å². The van der Waals surface area contributed by atoms with Crippen LogP contribution in [0.5, 0.6) is 11.5 Å². The lowest BCUT2D eigenvalue weighted by molar-refractivity contribution is 0.174. The Morgan fingerprint density at radius 1 is 1.25 bits per heavy atom. The maximum atomic E-state index is 5.42. The summed E-state index contributed by atoms with van der Waals surface area (Å²) < 4.78 is 11.9. The molecule has 4 heteroatoms. The number of rotatable bonds is 1. The molecule has 3 nitrogen and oxygen atoms in total. The zero-order valence-corrected chi connectivity index (χ0v) is 10.5. The number of piperidine rings is 1. The number of benzene rings is 1. The van der Waals surface area contributed by atoms with Crippen molar-refractivity contribution in [1.82, 2.24) is 5.32 Å². The molecule has 0 amide bonds. The van der Waals surface area contributed by atoms with E-state index >= 15 is 0 Å². The van der Waals surface area contributed by atoms with E-state index in [1.807, 2.05) is 6.07 Å². The average Bonchev–Trinajstić information content (AvgIpc) is 2.76. The first-order valence-corrected chi connectivity index (χ1v) is 6.43. The molecule has 1 unspecified atom stereocenters. The van der Waals surface area contributed by atoms with Gasteiger partial charge in [-0.3, -0.25) is 0 Å². The fourth-order valence-corrected chi connectivity index (χ4v) is 3.01. The van der Waals surface area contributed by atoms with E-state index in [9.17, 15) is 0 Å². The van der Waals surface area contributed by atoms with Crippen LogP contribution in [-0.4, -0.2) is 19.9 Å². The Labute approximate surface area is 103 Å². The molecule has 0 saturated carbocycles. The molecule has 2 aliphatic heterocycles. The topological polar surface area (TPSA) is 30.5 Å². The quantitative estimate of drug-likeness (QED) is 0.860. The minimum absolute atomic E-state index is 0.341. The summed E-state index contributed by atoms with van der Waals surface area (Å²) in [6, 6.07) is 4.14. The van der Waals surface area contributed by atoms with Crippen molar-refractivity contribution in [3.63, 3.8) is 0 Å². The second-order valence-electron chi connectivity index (χ2n) is 4.27. The van der Waals surface area contributed by atoms with Gasteiger partial charge in [0.05, 0.1) is 0 Å².